The molecule has 0 heterocycles. The Morgan fingerprint density at radius 1 is 1.53 bits per heavy atom. The molecule has 0 spiro atoms. The van der Waals surface area contributed by atoms with E-state index in [0.29, 0.717) is 18.7 Å². The molecule has 4 nitrogen and oxygen atoms in total. The van der Waals surface area contributed by atoms with Crippen molar-refractivity contribution in [3.05, 3.63) is 0 Å². The summed E-state index contributed by atoms with van der Waals surface area (Å²) in [5.74, 6) is 0. The van der Waals surface area contributed by atoms with Crippen LogP contribution in [0.25, 0.3) is 0 Å². The zero-order valence-corrected chi connectivity index (χ0v) is 9.86. The molecule has 1 aliphatic rings. The van der Waals surface area contributed by atoms with Gasteiger partial charge in [-0.2, -0.15) is 0 Å². The second-order valence-electron chi connectivity index (χ2n) is 4.80. The molecule has 90 valence electrons. The summed E-state index contributed by atoms with van der Waals surface area (Å²) in [5.41, 5.74) is 0.116. The highest BCUT2D eigenvalue weighted by molar-refractivity contribution is 5.02. The lowest BCUT2D eigenvalue weighted by Crippen LogP contribution is -2.61. The third-order valence-corrected chi connectivity index (χ3v) is 3.36. The first-order valence-electron chi connectivity index (χ1n) is 5.66. The molecule has 1 aliphatic carbocycles. The molecule has 1 rings (SSSR count). The molecule has 0 aliphatic heterocycles. The Morgan fingerprint density at radius 2 is 2.20 bits per heavy atom. The van der Waals surface area contributed by atoms with Gasteiger partial charge in [-0.3, -0.25) is 0 Å². The van der Waals surface area contributed by atoms with Crippen LogP contribution in [-0.2, 0) is 4.74 Å². The lowest BCUT2D eigenvalue weighted by molar-refractivity contribution is -0.115. The smallest absolute Gasteiger partial charge is 0.0895 e. The predicted octanol–water partition coefficient (Wildman–Crippen LogP) is 0.133. The highest BCUT2D eigenvalue weighted by Crippen LogP contribution is 2.42. The van der Waals surface area contributed by atoms with E-state index in [0.717, 1.165) is 13.0 Å². The summed E-state index contributed by atoms with van der Waals surface area (Å²) in [5, 5.41) is 21.2. The molecule has 0 aromatic heterocycles. The highest BCUT2D eigenvalue weighted by Gasteiger charge is 2.48. The number of hydrogen-bond donors (Lipinski definition) is 3. The average Bonchev–Trinajstić information content (AvgIpc) is 2.21. The first-order valence-corrected chi connectivity index (χ1v) is 5.66. The monoisotopic (exact) mass is 217 g/mol. The normalized spacial score (nSPS) is 31.0. The molecule has 0 bridgehead atoms. The van der Waals surface area contributed by atoms with Gasteiger partial charge in [0.15, 0.2) is 0 Å². The predicted molar refractivity (Wildman–Crippen MR) is 58.7 cm³/mol. The standard InChI is InChI=1S/C11H23NO3/c1-4-15-10-5-9(11(10,2)3)12-6-8(14)7-13/h8-10,12-14H,4-7H2,1-3H3. The van der Waals surface area contributed by atoms with Crippen LogP contribution >= 0.6 is 0 Å². The number of rotatable bonds is 6. The second-order valence-corrected chi connectivity index (χ2v) is 4.80. The zero-order chi connectivity index (χ0) is 11.5. The number of nitrogens with one attached hydrogen (secondary N) is 1. The Morgan fingerprint density at radius 3 is 2.67 bits per heavy atom. The number of aliphatic hydroxyl groups is 2. The molecule has 3 unspecified atom stereocenters. The third-order valence-electron chi connectivity index (χ3n) is 3.36. The van der Waals surface area contributed by atoms with Crippen LogP contribution in [0.2, 0.25) is 0 Å². The minimum atomic E-state index is -0.660. The van der Waals surface area contributed by atoms with Crippen molar-refractivity contribution in [2.24, 2.45) is 5.41 Å². The Hall–Kier alpha value is -0.160. The molecular weight excluding hydrogens is 194 g/mol. The van der Waals surface area contributed by atoms with Crippen molar-refractivity contribution in [1.29, 1.82) is 0 Å². The van der Waals surface area contributed by atoms with Crippen LogP contribution < -0.4 is 5.32 Å². The van der Waals surface area contributed by atoms with Crippen LogP contribution in [-0.4, -0.2) is 48.2 Å². The largest absolute Gasteiger partial charge is 0.394 e. The van der Waals surface area contributed by atoms with Gasteiger partial charge in [-0.15, -0.1) is 0 Å². The van der Waals surface area contributed by atoms with Gasteiger partial charge in [0.2, 0.25) is 0 Å². The maximum Gasteiger partial charge on any atom is 0.0895 e. The minimum absolute atomic E-state index is 0.116. The molecule has 3 atom stereocenters. The summed E-state index contributed by atoms with van der Waals surface area (Å²) in [6.07, 6.45) is 0.636. The highest BCUT2D eigenvalue weighted by atomic mass is 16.5. The summed E-state index contributed by atoms with van der Waals surface area (Å²) in [7, 11) is 0. The molecule has 0 saturated heterocycles. The van der Waals surface area contributed by atoms with Gasteiger partial charge in [0.1, 0.15) is 0 Å². The molecule has 3 N–H and O–H groups in total. The van der Waals surface area contributed by atoms with E-state index in [1.54, 1.807) is 0 Å². The molecule has 1 saturated carbocycles. The van der Waals surface area contributed by atoms with E-state index in [1.807, 2.05) is 6.92 Å². The Labute approximate surface area is 91.6 Å². The van der Waals surface area contributed by atoms with E-state index in [2.05, 4.69) is 19.2 Å². The van der Waals surface area contributed by atoms with Crippen molar-refractivity contribution in [2.75, 3.05) is 19.8 Å². The summed E-state index contributed by atoms with van der Waals surface area (Å²) < 4.78 is 5.60. The van der Waals surface area contributed by atoms with Gasteiger partial charge in [-0.1, -0.05) is 13.8 Å². The molecule has 0 aromatic rings. The van der Waals surface area contributed by atoms with Gasteiger partial charge >= 0.3 is 0 Å². The Bertz CT molecular complexity index is 196. The van der Waals surface area contributed by atoms with E-state index >= 15 is 0 Å². The number of hydrogen-bond acceptors (Lipinski definition) is 4. The molecule has 0 amide bonds. The van der Waals surface area contributed by atoms with Crippen LogP contribution in [0, 0.1) is 5.41 Å². The van der Waals surface area contributed by atoms with Crippen LogP contribution in [0.5, 0.6) is 0 Å². The molecule has 4 heteroatoms. The zero-order valence-electron chi connectivity index (χ0n) is 9.86. The number of ether oxygens (including phenoxy) is 1. The van der Waals surface area contributed by atoms with Gasteiger partial charge in [0.05, 0.1) is 18.8 Å². The van der Waals surface area contributed by atoms with Gasteiger partial charge < -0.3 is 20.3 Å². The van der Waals surface area contributed by atoms with Crippen LogP contribution in [0.4, 0.5) is 0 Å². The molecular formula is C11H23NO3. The SMILES string of the molecule is CCOC1CC(NCC(O)CO)C1(C)C. The van der Waals surface area contributed by atoms with Crippen molar-refractivity contribution in [2.45, 2.75) is 45.4 Å². The lowest BCUT2D eigenvalue weighted by atomic mass is 9.64. The average molecular weight is 217 g/mol. The van der Waals surface area contributed by atoms with Crippen LogP contribution in [0.1, 0.15) is 27.2 Å². The van der Waals surface area contributed by atoms with Crippen molar-refractivity contribution in [3.63, 3.8) is 0 Å². The van der Waals surface area contributed by atoms with Gasteiger partial charge in [-0.25, -0.2) is 0 Å². The Kier molecular flexibility index (Phi) is 4.52. The summed E-state index contributed by atoms with van der Waals surface area (Å²) in [4.78, 5) is 0. The third kappa shape index (κ3) is 2.91. The summed E-state index contributed by atoms with van der Waals surface area (Å²) in [6.45, 7) is 7.35. The van der Waals surface area contributed by atoms with Gasteiger partial charge in [0, 0.05) is 24.6 Å². The quantitative estimate of drug-likeness (QED) is 0.592. The summed E-state index contributed by atoms with van der Waals surface area (Å²) >= 11 is 0. The first-order chi connectivity index (χ1) is 7.02. The van der Waals surface area contributed by atoms with E-state index in [4.69, 9.17) is 9.84 Å². The first kappa shape index (κ1) is 12.9. The molecule has 15 heavy (non-hydrogen) atoms. The van der Waals surface area contributed by atoms with E-state index in [1.165, 1.54) is 0 Å². The molecule has 0 radical (unpaired) electrons. The van der Waals surface area contributed by atoms with Crippen molar-refractivity contribution in [3.8, 4) is 0 Å². The van der Waals surface area contributed by atoms with Crippen LogP contribution in [0.15, 0.2) is 0 Å². The van der Waals surface area contributed by atoms with Crippen molar-refractivity contribution in [1.82, 2.24) is 5.32 Å². The maximum atomic E-state index is 9.22. The lowest BCUT2D eigenvalue weighted by Gasteiger charge is -2.52. The summed E-state index contributed by atoms with van der Waals surface area (Å²) in [6, 6.07) is 0.371. The fourth-order valence-electron chi connectivity index (χ4n) is 2.06. The van der Waals surface area contributed by atoms with Crippen molar-refractivity contribution >= 4 is 0 Å². The maximum absolute atomic E-state index is 9.22. The van der Waals surface area contributed by atoms with Gasteiger partial charge in [0.25, 0.3) is 0 Å². The van der Waals surface area contributed by atoms with E-state index in [9.17, 15) is 5.11 Å². The van der Waals surface area contributed by atoms with Crippen molar-refractivity contribution < 1.29 is 14.9 Å². The number of aliphatic hydroxyl groups excluding tert-OH is 2. The van der Waals surface area contributed by atoms with Crippen LogP contribution in [0.3, 0.4) is 0 Å². The molecule has 1 fully saturated rings. The minimum Gasteiger partial charge on any atom is -0.394 e. The second kappa shape index (κ2) is 5.25. The van der Waals surface area contributed by atoms with E-state index < -0.39 is 6.10 Å². The fraction of sp³-hybridized carbons (Fsp3) is 1.00. The molecule has 0 aromatic carbocycles. The van der Waals surface area contributed by atoms with Gasteiger partial charge in [-0.05, 0) is 13.3 Å². The van der Waals surface area contributed by atoms with E-state index in [-0.39, 0.29) is 12.0 Å². The topological polar surface area (TPSA) is 61.7 Å². The Balaban J connectivity index is 2.29. The fourth-order valence-corrected chi connectivity index (χ4v) is 2.06.